The van der Waals surface area contributed by atoms with Gasteiger partial charge in [0.25, 0.3) is 11.8 Å². The van der Waals surface area contributed by atoms with Crippen molar-refractivity contribution < 1.29 is 19.1 Å². The number of hydrogen-bond donors (Lipinski definition) is 2. The molecule has 3 aromatic carbocycles. The molecule has 0 spiro atoms. The lowest BCUT2D eigenvalue weighted by molar-refractivity contribution is 0.0844. The van der Waals surface area contributed by atoms with Crippen molar-refractivity contribution in [3.8, 4) is 11.5 Å². The second-order valence-electron chi connectivity index (χ2n) is 6.34. The van der Waals surface area contributed by atoms with Crippen molar-refractivity contribution in [1.82, 2.24) is 10.9 Å². The SMILES string of the molecule is COc1ccc(C(=O)NNC(=O)c2ccccc2OCCc2ccccc2)cc1Br. The Balaban J connectivity index is 1.58. The summed E-state index contributed by atoms with van der Waals surface area (Å²) in [5, 5.41) is 0. The van der Waals surface area contributed by atoms with Crippen LogP contribution in [0.4, 0.5) is 0 Å². The lowest BCUT2D eigenvalue weighted by Gasteiger charge is -2.13. The average molecular weight is 469 g/mol. The molecule has 0 bridgehead atoms. The van der Waals surface area contributed by atoms with Crippen LogP contribution < -0.4 is 20.3 Å². The zero-order valence-corrected chi connectivity index (χ0v) is 17.9. The monoisotopic (exact) mass is 468 g/mol. The summed E-state index contributed by atoms with van der Waals surface area (Å²) >= 11 is 3.33. The molecule has 0 unspecified atom stereocenters. The predicted molar refractivity (Wildman–Crippen MR) is 118 cm³/mol. The zero-order valence-electron chi connectivity index (χ0n) is 16.4. The third-order valence-electron chi connectivity index (χ3n) is 4.33. The van der Waals surface area contributed by atoms with Gasteiger partial charge in [-0.25, -0.2) is 0 Å². The van der Waals surface area contributed by atoms with Gasteiger partial charge in [0.15, 0.2) is 0 Å². The Bertz CT molecular complexity index is 1020. The largest absolute Gasteiger partial charge is 0.496 e. The number of hydrogen-bond acceptors (Lipinski definition) is 4. The van der Waals surface area contributed by atoms with E-state index in [1.54, 1.807) is 49.6 Å². The standard InChI is InChI=1S/C23H21BrN2O4/c1-29-21-12-11-17(15-19(21)24)22(27)25-26-23(28)18-9-5-6-10-20(18)30-14-13-16-7-3-2-4-8-16/h2-12,15H,13-14H2,1H3,(H,25,27)(H,26,28). The summed E-state index contributed by atoms with van der Waals surface area (Å²) in [5.74, 6) is 0.143. The Morgan fingerprint density at radius 2 is 1.57 bits per heavy atom. The second-order valence-corrected chi connectivity index (χ2v) is 7.19. The van der Waals surface area contributed by atoms with Gasteiger partial charge in [-0.2, -0.15) is 0 Å². The van der Waals surface area contributed by atoms with E-state index in [1.807, 2.05) is 30.3 Å². The molecule has 3 rings (SSSR count). The molecule has 0 aliphatic carbocycles. The van der Waals surface area contributed by atoms with E-state index in [9.17, 15) is 9.59 Å². The normalized spacial score (nSPS) is 10.2. The molecule has 0 aliphatic heterocycles. The average Bonchev–Trinajstić information content (AvgIpc) is 2.78. The topological polar surface area (TPSA) is 76.7 Å². The Morgan fingerprint density at radius 3 is 2.30 bits per heavy atom. The van der Waals surface area contributed by atoms with Gasteiger partial charge in [0.2, 0.25) is 0 Å². The molecule has 30 heavy (non-hydrogen) atoms. The number of carbonyl (C=O) groups is 2. The number of amides is 2. The van der Waals surface area contributed by atoms with E-state index < -0.39 is 11.8 Å². The fraction of sp³-hybridized carbons (Fsp3) is 0.130. The maximum atomic E-state index is 12.6. The maximum absolute atomic E-state index is 12.6. The zero-order chi connectivity index (χ0) is 21.3. The van der Waals surface area contributed by atoms with Gasteiger partial charge in [0, 0.05) is 12.0 Å². The molecule has 0 atom stereocenters. The van der Waals surface area contributed by atoms with Crippen LogP contribution >= 0.6 is 15.9 Å². The highest BCUT2D eigenvalue weighted by molar-refractivity contribution is 9.10. The first kappa shape index (κ1) is 21.4. The number of nitrogens with one attached hydrogen (secondary N) is 2. The number of para-hydroxylation sites is 1. The van der Waals surface area contributed by atoms with Crippen LogP contribution in [0.3, 0.4) is 0 Å². The molecular weight excluding hydrogens is 448 g/mol. The van der Waals surface area contributed by atoms with Gasteiger partial charge < -0.3 is 9.47 Å². The van der Waals surface area contributed by atoms with E-state index in [-0.39, 0.29) is 0 Å². The highest BCUT2D eigenvalue weighted by Crippen LogP contribution is 2.25. The van der Waals surface area contributed by atoms with E-state index >= 15 is 0 Å². The van der Waals surface area contributed by atoms with Gasteiger partial charge in [-0.15, -0.1) is 0 Å². The lowest BCUT2D eigenvalue weighted by Crippen LogP contribution is -2.41. The molecule has 2 N–H and O–H groups in total. The molecule has 3 aromatic rings. The van der Waals surface area contributed by atoms with Gasteiger partial charge >= 0.3 is 0 Å². The third-order valence-corrected chi connectivity index (χ3v) is 4.95. The van der Waals surface area contributed by atoms with Crippen molar-refractivity contribution in [2.45, 2.75) is 6.42 Å². The number of benzene rings is 3. The Hall–Kier alpha value is -3.32. The van der Waals surface area contributed by atoms with Crippen molar-refractivity contribution in [3.63, 3.8) is 0 Å². The highest BCUT2D eigenvalue weighted by Gasteiger charge is 2.14. The Kier molecular flexibility index (Phi) is 7.45. The van der Waals surface area contributed by atoms with Crippen molar-refractivity contribution in [2.75, 3.05) is 13.7 Å². The number of ether oxygens (including phenoxy) is 2. The fourth-order valence-electron chi connectivity index (χ4n) is 2.76. The molecule has 0 heterocycles. The lowest BCUT2D eigenvalue weighted by atomic mass is 10.1. The molecule has 0 aromatic heterocycles. The summed E-state index contributed by atoms with van der Waals surface area (Å²) in [6, 6.07) is 21.7. The van der Waals surface area contributed by atoms with Gasteiger partial charge in [0.1, 0.15) is 11.5 Å². The van der Waals surface area contributed by atoms with Gasteiger partial charge in [0.05, 0.1) is 23.8 Å². The summed E-state index contributed by atoms with van der Waals surface area (Å²) in [4.78, 5) is 24.9. The van der Waals surface area contributed by atoms with Crippen LogP contribution in [0.25, 0.3) is 0 Å². The number of methoxy groups -OCH3 is 1. The molecule has 0 saturated carbocycles. The summed E-state index contributed by atoms with van der Waals surface area (Å²) in [6.07, 6.45) is 0.722. The van der Waals surface area contributed by atoms with Gasteiger partial charge in [-0.1, -0.05) is 42.5 Å². The second kappa shape index (κ2) is 10.5. The summed E-state index contributed by atoms with van der Waals surface area (Å²) in [6.45, 7) is 0.431. The number of hydrazine groups is 1. The Morgan fingerprint density at radius 1 is 0.867 bits per heavy atom. The third kappa shape index (κ3) is 5.61. The van der Waals surface area contributed by atoms with Gasteiger partial charge in [-0.05, 0) is 51.8 Å². The molecular formula is C23H21BrN2O4. The van der Waals surface area contributed by atoms with Crippen molar-refractivity contribution >= 4 is 27.7 Å². The first-order valence-electron chi connectivity index (χ1n) is 9.28. The summed E-state index contributed by atoms with van der Waals surface area (Å²) < 4.78 is 11.6. The van der Waals surface area contributed by atoms with Crippen LogP contribution in [0.15, 0.2) is 77.3 Å². The number of rotatable bonds is 7. The first-order valence-corrected chi connectivity index (χ1v) is 10.1. The van der Waals surface area contributed by atoms with Crippen LogP contribution in [0.1, 0.15) is 26.3 Å². The van der Waals surface area contributed by atoms with Crippen LogP contribution in [0, 0.1) is 0 Å². The van der Waals surface area contributed by atoms with Crippen LogP contribution in [0.2, 0.25) is 0 Å². The van der Waals surface area contributed by atoms with Crippen LogP contribution in [-0.2, 0) is 6.42 Å². The molecule has 7 heteroatoms. The Labute approximate surface area is 183 Å². The van der Waals surface area contributed by atoms with E-state index in [4.69, 9.17) is 9.47 Å². The van der Waals surface area contributed by atoms with Crippen LogP contribution in [-0.4, -0.2) is 25.5 Å². The first-order chi connectivity index (χ1) is 14.6. The molecule has 2 amide bonds. The smallest absolute Gasteiger partial charge is 0.273 e. The molecule has 0 saturated heterocycles. The van der Waals surface area contributed by atoms with E-state index in [0.29, 0.717) is 33.7 Å². The van der Waals surface area contributed by atoms with E-state index in [1.165, 1.54) is 0 Å². The molecule has 154 valence electrons. The molecule has 0 fully saturated rings. The van der Waals surface area contributed by atoms with E-state index in [0.717, 1.165) is 12.0 Å². The molecule has 0 aliphatic rings. The molecule has 0 radical (unpaired) electrons. The number of halogens is 1. The number of carbonyl (C=O) groups excluding carboxylic acids is 2. The fourth-order valence-corrected chi connectivity index (χ4v) is 3.30. The van der Waals surface area contributed by atoms with Crippen molar-refractivity contribution in [1.29, 1.82) is 0 Å². The summed E-state index contributed by atoms with van der Waals surface area (Å²) in [7, 11) is 1.54. The minimum Gasteiger partial charge on any atom is -0.496 e. The van der Waals surface area contributed by atoms with E-state index in [2.05, 4.69) is 26.8 Å². The quantitative estimate of drug-likeness (QED) is 0.510. The maximum Gasteiger partial charge on any atom is 0.273 e. The highest BCUT2D eigenvalue weighted by atomic mass is 79.9. The predicted octanol–water partition coefficient (Wildman–Crippen LogP) is 4.15. The summed E-state index contributed by atoms with van der Waals surface area (Å²) in [5.41, 5.74) is 6.70. The minimum absolute atomic E-state index is 0.335. The van der Waals surface area contributed by atoms with Crippen LogP contribution in [0.5, 0.6) is 11.5 Å². The minimum atomic E-state index is -0.466. The molecule has 6 nitrogen and oxygen atoms in total. The van der Waals surface area contributed by atoms with Gasteiger partial charge in [-0.3, -0.25) is 20.4 Å². The van der Waals surface area contributed by atoms with Crippen molar-refractivity contribution in [3.05, 3.63) is 94.0 Å². The van der Waals surface area contributed by atoms with Crippen molar-refractivity contribution in [2.24, 2.45) is 0 Å².